The Labute approximate surface area is 71.3 Å². The predicted octanol–water partition coefficient (Wildman–Crippen LogP) is 0.644. The first-order valence-electron chi connectivity index (χ1n) is 4.25. The Bertz CT molecular complexity index is 255. The van der Waals surface area contributed by atoms with Crippen LogP contribution in [0.3, 0.4) is 0 Å². The summed E-state index contributed by atoms with van der Waals surface area (Å²) in [5, 5.41) is 4.04. The lowest BCUT2D eigenvalue weighted by atomic mass is 10.6. The molecular weight excluding hydrogens is 154 g/mol. The highest BCUT2D eigenvalue weighted by Crippen LogP contribution is 2.23. The van der Waals surface area contributed by atoms with Gasteiger partial charge in [0.05, 0.1) is 19.3 Å². The van der Waals surface area contributed by atoms with Crippen LogP contribution in [0.2, 0.25) is 0 Å². The Balaban J connectivity index is 1.71. The molecule has 2 rings (SSSR count). The molecule has 1 fully saturated rings. The molecule has 1 aliphatic rings. The van der Waals surface area contributed by atoms with Crippen LogP contribution in [0, 0.1) is 0 Å². The molecule has 0 unspecified atom stereocenters. The van der Waals surface area contributed by atoms with Crippen LogP contribution in [-0.2, 0) is 11.3 Å². The van der Waals surface area contributed by atoms with Crippen LogP contribution < -0.4 is 5.73 Å². The molecule has 2 N–H and O–H groups in total. The molecule has 0 aliphatic heterocycles. The predicted molar refractivity (Wildman–Crippen MR) is 45.6 cm³/mol. The van der Waals surface area contributed by atoms with Crippen molar-refractivity contribution in [2.75, 3.05) is 12.3 Å². The van der Waals surface area contributed by atoms with Gasteiger partial charge in [-0.1, -0.05) is 0 Å². The van der Waals surface area contributed by atoms with Crippen molar-refractivity contribution in [3.05, 3.63) is 12.3 Å². The molecule has 12 heavy (non-hydrogen) atoms. The number of anilines is 1. The molecule has 0 atom stereocenters. The van der Waals surface area contributed by atoms with Crippen molar-refractivity contribution in [1.29, 1.82) is 0 Å². The lowest BCUT2D eigenvalue weighted by Crippen LogP contribution is -2.07. The molecule has 1 saturated carbocycles. The molecule has 0 radical (unpaired) electrons. The topological polar surface area (TPSA) is 53.1 Å². The fourth-order valence-corrected chi connectivity index (χ4v) is 1.05. The number of nitrogens with two attached hydrogens (primary N) is 1. The van der Waals surface area contributed by atoms with Gasteiger partial charge >= 0.3 is 0 Å². The van der Waals surface area contributed by atoms with E-state index >= 15 is 0 Å². The molecule has 1 heterocycles. The van der Waals surface area contributed by atoms with Crippen LogP contribution in [0.4, 0.5) is 5.82 Å². The van der Waals surface area contributed by atoms with Crippen LogP contribution in [0.1, 0.15) is 12.8 Å². The zero-order valence-corrected chi connectivity index (χ0v) is 6.94. The number of hydrogen-bond donors (Lipinski definition) is 1. The van der Waals surface area contributed by atoms with Gasteiger partial charge in [-0.3, -0.25) is 4.68 Å². The van der Waals surface area contributed by atoms with E-state index in [-0.39, 0.29) is 0 Å². The molecule has 0 bridgehead atoms. The number of aromatic nitrogens is 2. The molecule has 4 heteroatoms. The minimum Gasteiger partial charge on any atom is -0.382 e. The number of rotatable bonds is 4. The van der Waals surface area contributed by atoms with E-state index in [1.807, 2.05) is 6.20 Å². The van der Waals surface area contributed by atoms with E-state index in [9.17, 15) is 0 Å². The average Bonchev–Trinajstić information content (AvgIpc) is 2.76. The second kappa shape index (κ2) is 3.15. The van der Waals surface area contributed by atoms with Gasteiger partial charge in [0.2, 0.25) is 0 Å². The van der Waals surface area contributed by atoms with E-state index < -0.39 is 0 Å². The van der Waals surface area contributed by atoms with E-state index in [0.717, 1.165) is 13.2 Å². The summed E-state index contributed by atoms with van der Waals surface area (Å²) < 4.78 is 7.27. The van der Waals surface area contributed by atoms with Gasteiger partial charge < -0.3 is 10.5 Å². The lowest BCUT2D eigenvalue weighted by Gasteiger charge is -2.01. The maximum absolute atomic E-state index is 5.46. The SMILES string of the molecule is Nc1ccn(CCOC2CC2)n1. The smallest absolute Gasteiger partial charge is 0.145 e. The van der Waals surface area contributed by atoms with Crippen LogP contribution in [0.15, 0.2) is 12.3 Å². The average molecular weight is 167 g/mol. The van der Waals surface area contributed by atoms with E-state index in [1.54, 1.807) is 10.7 Å². The fourth-order valence-electron chi connectivity index (χ4n) is 1.05. The first-order valence-corrected chi connectivity index (χ1v) is 4.25. The minimum absolute atomic E-state index is 0.526. The Morgan fingerprint density at radius 3 is 3.08 bits per heavy atom. The third-order valence-electron chi connectivity index (χ3n) is 1.86. The molecule has 1 aromatic rings. The van der Waals surface area contributed by atoms with Crippen molar-refractivity contribution in [1.82, 2.24) is 9.78 Å². The van der Waals surface area contributed by atoms with E-state index in [1.165, 1.54) is 12.8 Å². The molecule has 4 nitrogen and oxygen atoms in total. The number of ether oxygens (including phenoxy) is 1. The standard InChI is InChI=1S/C8H13N3O/c9-8-3-4-11(10-8)5-6-12-7-1-2-7/h3-4,7H,1-2,5-6H2,(H2,9,10). The minimum atomic E-state index is 0.526. The molecule has 0 amide bonds. The van der Waals surface area contributed by atoms with Crippen LogP contribution in [-0.4, -0.2) is 22.5 Å². The van der Waals surface area contributed by atoms with Gasteiger partial charge in [-0.05, 0) is 18.9 Å². The summed E-state index contributed by atoms with van der Waals surface area (Å²) in [5.74, 6) is 0.571. The van der Waals surface area contributed by atoms with Crippen molar-refractivity contribution in [2.45, 2.75) is 25.5 Å². The first kappa shape index (κ1) is 7.61. The van der Waals surface area contributed by atoms with Gasteiger partial charge in [0.1, 0.15) is 5.82 Å². The van der Waals surface area contributed by atoms with Crippen molar-refractivity contribution in [2.24, 2.45) is 0 Å². The van der Waals surface area contributed by atoms with E-state index in [2.05, 4.69) is 5.10 Å². The Morgan fingerprint density at radius 2 is 2.50 bits per heavy atom. The van der Waals surface area contributed by atoms with Gasteiger partial charge in [0.25, 0.3) is 0 Å². The second-order valence-electron chi connectivity index (χ2n) is 3.07. The lowest BCUT2D eigenvalue weighted by molar-refractivity contribution is 0.110. The maximum atomic E-state index is 5.46. The Kier molecular flexibility index (Phi) is 1.99. The zero-order chi connectivity index (χ0) is 8.39. The summed E-state index contributed by atoms with van der Waals surface area (Å²) in [4.78, 5) is 0. The highest BCUT2D eigenvalue weighted by molar-refractivity contribution is 5.23. The summed E-state index contributed by atoms with van der Waals surface area (Å²) in [6, 6.07) is 1.79. The van der Waals surface area contributed by atoms with Gasteiger partial charge in [-0.2, -0.15) is 5.10 Å². The van der Waals surface area contributed by atoms with Crippen molar-refractivity contribution < 1.29 is 4.74 Å². The maximum Gasteiger partial charge on any atom is 0.145 e. The molecular formula is C8H13N3O. The Morgan fingerprint density at radius 1 is 1.67 bits per heavy atom. The second-order valence-corrected chi connectivity index (χ2v) is 3.07. The molecule has 0 saturated heterocycles. The zero-order valence-electron chi connectivity index (χ0n) is 6.94. The highest BCUT2D eigenvalue weighted by atomic mass is 16.5. The van der Waals surface area contributed by atoms with Gasteiger partial charge in [-0.25, -0.2) is 0 Å². The summed E-state index contributed by atoms with van der Waals surface area (Å²) in [5.41, 5.74) is 5.45. The first-order chi connectivity index (χ1) is 5.84. The van der Waals surface area contributed by atoms with Gasteiger partial charge in [-0.15, -0.1) is 0 Å². The number of nitrogen functional groups attached to an aromatic ring is 1. The van der Waals surface area contributed by atoms with Crippen LogP contribution >= 0.6 is 0 Å². The third kappa shape index (κ3) is 1.98. The van der Waals surface area contributed by atoms with Crippen molar-refractivity contribution in [3.8, 4) is 0 Å². The normalized spacial score (nSPS) is 16.7. The summed E-state index contributed by atoms with van der Waals surface area (Å²) >= 11 is 0. The number of nitrogens with zero attached hydrogens (tertiary/aromatic N) is 2. The van der Waals surface area contributed by atoms with Gasteiger partial charge in [0.15, 0.2) is 0 Å². The quantitative estimate of drug-likeness (QED) is 0.716. The van der Waals surface area contributed by atoms with E-state index in [0.29, 0.717) is 11.9 Å². The largest absolute Gasteiger partial charge is 0.382 e. The monoisotopic (exact) mass is 167 g/mol. The molecule has 1 aliphatic carbocycles. The van der Waals surface area contributed by atoms with Crippen molar-refractivity contribution in [3.63, 3.8) is 0 Å². The Hall–Kier alpha value is -1.03. The number of hydrogen-bond acceptors (Lipinski definition) is 3. The molecule has 1 aromatic heterocycles. The molecule has 66 valence electrons. The molecule has 0 aromatic carbocycles. The summed E-state index contributed by atoms with van der Waals surface area (Å²) in [6.07, 6.45) is 4.84. The van der Waals surface area contributed by atoms with Crippen molar-refractivity contribution >= 4 is 5.82 Å². The van der Waals surface area contributed by atoms with Crippen LogP contribution in [0.5, 0.6) is 0 Å². The summed E-state index contributed by atoms with van der Waals surface area (Å²) in [6.45, 7) is 1.54. The third-order valence-corrected chi connectivity index (χ3v) is 1.86. The molecule has 0 spiro atoms. The van der Waals surface area contributed by atoms with Gasteiger partial charge in [0, 0.05) is 6.20 Å². The van der Waals surface area contributed by atoms with Crippen LogP contribution in [0.25, 0.3) is 0 Å². The summed E-state index contributed by atoms with van der Waals surface area (Å²) in [7, 11) is 0. The fraction of sp³-hybridized carbons (Fsp3) is 0.625. The highest BCUT2D eigenvalue weighted by Gasteiger charge is 2.21. The van der Waals surface area contributed by atoms with E-state index in [4.69, 9.17) is 10.5 Å².